The lowest BCUT2D eigenvalue weighted by atomic mass is 9.85. The molecular weight excluding hydrogens is 459 g/mol. The van der Waals surface area contributed by atoms with Crippen molar-refractivity contribution in [3.8, 4) is 22.9 Å². The molecule has 3 aromatic rings. The minimum Gasteiger partial charge on any atom is -0.421 e. The number of benzene rings is 1. The smallest absolute Gasteiger partial charge is 0.324 e. The van der Waals surface area contributed by atoms with Crippen LogP contribution in [0, 0.1) is 23.1 Å². The van der Waals surface area contributed by atoms with Crippen LogP contribution >= 0.6 is 0 Å². The zero-order valence-electron chi connectivity index (χ0n) is 20.6. The Bertz CT molecular complexity index is 1360. The van der Waals surface area contributed by atoms with Gasteiger partial charge < -0.3 is 25.6 Å². The quantitative estimate of drug-likeness (QED) is 0.438. The van der Waals surface area contributed by atoms with Crippen molar-refractivity contribution in [1.29, 1.82) is 0 Å². The molecule has 0 amide bonds. The van der Waals surface area contributed by atoms with E-state index in [-0.39, 0.29) is 17.9 Å². The summed E-state index contributed by atoms with van der Waals surface area (Å²) in [6.45, 7) is 7.99. The van der Waals surface area contributed by atoms with Crippen LogP contribution in [0.3, 0.4) is 0 Å². The molecule has 4 aliphatic rings. The summed E-state index contributed by atoms with van der Waals surface area (Å²) in [7, 11) is 1.80. The molecule has 1 aromatic carbocycles. The van der Waals surface area contributed by atoms with Gasteiger partial charge in [-0.1, -0.05) is 13.8 Å². The lowest BCUT2D eigenvalue weighted by molar-refractivity contribution is 0.272. The van der Waals surface area contributed by atoms with E-state index >= 15 is 0 Å². The monoisotopic (exact) mass is 488 g/mol. The largest absolute Gasteiger partial charge is 0.421 e. The van der Waals surface area contributed by atoms with Gasteiger partial charge in [-0.3, -0.25) is 0 Å². The van der Waals surface area contributed by atoms with Crippen LogP contribution in [-0.4, -0.2) is 59.2 Å². The van der Waals surface area contributed by atoms with Gasteiger partial charge in [-0.2, -0.15) is 9.97 Å². The number of halogens is 1. The van der Waals surface area contributed by atoms with Gasteiger partial charge in [-0.05, 0) is 40.5 Å². The first-order valence-electron chi connectivity index (χ1n) is 12.5. The first-order chi connectivity index (χ1) is 17.3. The maximum atomic E-state index is 14.5. The van der Waals surface area contributed by atoms with Crippen molar-refractivity contribution in [2.45, 2.75) is 26.3 Å². The number of nitrogens with two attached hydrogens (primary N) is 1. The van der Waals surface area contributed by atoms with Gasteiger partial charge in [-0.25, -0.2) is 14.4 Å². The summed E-state index contributed by atoms with van der Waals surface area (Å²) in [5.41, 5.74) is 10.8. The lowest BCUT2D eigenvalue weighted by Crippen LogP contribution is -2.53. The zero-order valence-corrected chi connectivity index (χ0v) is 20.6. The summed E-state index contributed by atoms with van der Waals surface area (Å²) in [5, 5.41) is 3.13. The van der Waals surface area contributed by atoms with Gasteiger partial charge in [0.15, 0.2) is 5.75 Å². The molecule has 3 N–H and O–H groups in total. The Labute approximate surface area is 208 Å². The number of hydrogen-bond acceptors (Lipinski definition) is 9. The van der Waals surface area contributed by atoms with Crippen LogP contribution < -0.4 is 25.6 Å². The van der Waals surface area contributed by atoms with Crippen molar-refractivity contribution in [2.24, 2.45) is 23.0 Å². The number of piperidine rings is 1. The molecule has 36 heavy (non-hydrogen) atoms. The number of fused-ring (bicyclic) bond motifs is 4. The Hall–Kier alpha value is -3.53. The second kappa shape index (κ2) is 7.49. The molecule has 2 unspecified atom stereocenters. The SMILES string of the molecule is CNc1cc(F)cc2c1Cc1nc(Oc3cnc(N4CC(C)(C)C4)nc3)nc(N3CC4C(N)C4C3)c1-2. The Kier molecular flexibility index (Phi) is 4.52. The maximum absolute atomic E-state index is 14.5. The summed E-state index contributed by atoms with van der Waals surface area (Å²) in [6, 6.07) is 3.62. The van der Waals surface area contributed by atoms with E-state index in [2.05, 4.69) is 38.9 Å². The van der Waals surface area contributed by atoms with Crippen molar-refractivity contribution in [3.05, 3.63) is 41.6 Å². The molecule has 1 saturated carbocycles. The molecule has 2 aromatic heterocycles. The van der Waals surface area contributed by atoms with Crippen LogP contribution in [0.4, 0.5) is 21.8 Å². The molecule has 2 aliphatic carbocycles. The standard InChI is InChI=1S/C26H29FN8O/c1-26(2)11-35(12-26)24-30-7-14(8-31-24)36-25-32-20-6-15-16(4-13(27)5-19(15)29-3)21(20)23(33-25)34-9-17-18(10-34)22(17)28/h4-5,7-8,17-18,22,29H,6,9-12,28H2,1-3H3. The van der Waals surface area contributed by atoms with Gasteiger partial charge in [-0.15, -0.1) is 0 Å². The Balaban J connectivity index is 1.22. The van der Waals surface area contributed by atoms with Gasteiger partial charge in [0.25, 0.3) is 0 Å². The molecule has 3 fully saturated rings. The van der Waals surface area contributed by atoms with Gasteiger partial charge in [0, 0.05) is 56.9 Å². The fourth-order valence-electron chi connectivity index (χ4n) is 6.10. The van der Waals surface area contributed by atoms with E-state index in [1.54, 1.807) is 25.5 Å². The summed E-state index contributed by atoms with van der Waals surface area (Å²) in [4.78, 5) is 22.9. The van der Waals surface area contributed by atoms with Crippen LogP contribution in [-0.2, 0) is 6.42 Å². The van der Waals surface area contributed by atoms with E-state index in [9.17, 15) is 4.39 Å². The number of nitrogens with zero attached hydrogens (tertiary/aromatic N) is 6. The average Bonchev–Trinajstić information content (AvgIpc) is 3.18. The fraction of sp³-hybridized carbons (Fsp3) is 0.462. The molecule has 4 heterocycles. The van der Waals surface area contributed by atoms with Crippen LogP contribution in [0.15, 0.2) is 24.5 Å². The summed E-state index contributed by atoms with van der Waals surface area (Å²) in [6.07, 6.45) is 3.90. The molecule has 7 rings (SSSR count). The van der Waals surface area contributed by atoms with Crippen molar-refractivity contribution >= 4 is 17.5 Å². The third-order valence-corrected chi connectivity index (χ3v) is 7.95. The molecule has 0 spiro atoms. The van der Waals surface area contributed by atoms with E-state index in [4.69, 9.17) is 20.4 Å². The minimum absolute atomic E-state index is 0.245. The lowest BCUT2D eigenvalue weighted by Gasteiger charge is -2.45. The van der Waals surface area contributed by atoms with E-state index < -0.39 is 0 Å². The van der Waals surface area contributed by atoms with E-state index in [1.807, 2.05) is 0 Å². The molecule has 9 nitrogen and oxygen atoms in total. The van der Waals surface area contributed by atoms with E-state index in [1.165, 1.54) is 6.07 Å². The minimum atomic E-state index is -0.286. The van der Waals surface area contributed by atoms with Gasteiger partial charge in [0.2, 0.25) is 5.95 Å². The molecule has 0 bridgehead atoms. The highest BCUT2D eigenvalue weighted by atomic mass is 19.1. The molecule has 2 saturated heterocycles. The van der Waals surface area contributed by atoms with Gasteiger partial charge in [0.1, 0.15) is 11.6 Å². The summed E-state index contributed by atoms with van der Waals surface area (Å²) in [5.74, 6) is 2.63. The van der Waals surface area contributed by atoms with E-state index in [0.717, 1.165) is 60.1 Å². The second-order valence-electron chi connectivity index (χ2n) is 11.2. The van der Waals surface area contributed by atoms with Gasteiger partial charge >= 0.3 is 6.01 Å². The number of aromatic nitrogens is 4. The average molecular weight is 489 g/mol. The summed E-state index contributed by atoms with van der Waals surface area (Å²) < 4.78 is 20.6. The Morgan fingerprint density at radius 2 is 1.81 bits per heavy atom. The van der Waals surface area contributed by atoms with Crippen molar-refractivity contribution in [1.82, 2.24) is 19.9 Å². The molecule has 2 aliphatic heterocycles. The van der Waals surface area contributed by atoms with Crippen LogP contribution in [0.5, 0.6) is 11.8 Å². The van der Waals surface area contributed by atoms with E-state index in [0.29, 0.717) is 35.4 Å². The molecule has 0 radical (unpaired) electrons. The predicted octanol–water partition coefficient (Wildman–Crippen LogP) is 3.05. The fourth-order valence-corrected chi connectivity index (χ4v) is 6.10. The zero-order chi connectivity index (χ0) is 24.8. The van der Waals surface area contributed by atoms with Crippen molar-refractivity contribution in [2.75, 3.05) is 48.3 Å². The number of nitrogens with one attached hydrogen (secondary N) is 1. The van der Waals surface area contributed by atoms with Crippen LogP contribution in [0.2, 0.25) is 0 Å². The third kappa shape index (κ3) is 3.38. The number of anilines is 3. The van der Waals surface area contributed by atoms with Crippen molar-refractivity contribution < 1.29 is 9.13 Å². The Morgan fingerprint density at radius 3 is 2.47 bits per heavy atom. The first-order valence-corrected chi connectivity index (χ1v) is 12.5. The molecule has 10 heteroatoms. The van der Waals surface area contributed by atoms with Crippen LogP contribution in [0.25, 0.3) is 11.1 Å². The first kappa shape index (κ1) is 21.7. The second-order valence-corrected chi connectivity index (χ2v) is 11.2. The predicted molar refractivity (Wildman–Crippen MR) is 135 cm³/mol. The Morgan fingerprint density at radius 1 is 1.08 bits per heavy atom. The van der Waals surface area contributed by atoms with Gasteiger partial charge in [0.05, 0.1) is 18.1 Å². The number of ether oxygens (including phenoxy) is 1. The maximum Gasteiger partial charge on any atom is 0.324 e. The normalized spacial score (nSPS) is 24.6. The molecule has 2 atom stereocenters. The summed E-state index contributed by atoms with van der Waals surface area (Å²) >= 11 is 0. The number of rotatable bonds is 5. The van der Waals surface area contributed by atoms with Crippen molar-refractivity contribution in [3.63, 3.8) is 0 Å². The highest BCUT2D eigenvalue weighted by Crippen LogP contribution is 2.50. The third-order valence-electron chi connectivity index (χ3n) is 7.95. The molecule has 186 valence electrons. The highest BCUT2D eigenvalue weighted by molar-refractivity contribution is 5.88. The highest BCUT2D eigenvalue weighted by Gasteiger charge is 2.54. The van der Waals surface area contributed by atoms with Crippen LogP contribution in [0.1, 0.15) is 25.1 Å². The molecular formula is C26H29FN8O. The number of hydrogen-bond donors (Lipinski definition) is 2. The topological polar surface area (TPSA) is 105 Å².